The van der Waals surface area contributed by atoms with E-state index in [1.807, 2.05) is 0 Å². The van der Waals surface area contributed by atoms with Gasteiger partial charge in [0.15, 0.2) is 23.1 Å². The van der Waals surface area contributed by atoms with E-state index in [1.165, 1.54) is 32.5 Å². The SMILES string of the molecule is CC(=O)O.COc1cc(F)c([C@H](Nc2ccc(C(=N)N)cc2)c2nn(-c3cccnn3)c(=O)[nH]2)cc1OC. The largest absolute Gasteiger partial charge is 0.493 e. The second-order valence-corrected chi connectivity index (χ2v) is 7.63. The number of nitrogens with zero attached hydrogens (tertiary/aromatic N) is 4. The number of hydrogen-bond donors (Lipinski definition) is 5. The molecule has 2 heterocycles. The summed E-state index contributed by atoms with van der Waals surface area (Å²) in [5.74, 6) is -0.684. The normalized spacial score (nSPS) is 11.1. The van der Waals surface area contributed by atoms with Gasteiger partial charge in [-0.15, -0.1) is 10.2 Å². The molecule has 0 amide bonds. The number of hydrogen-bond acceptors (Lipinski definition) is 9. The van der Waals surface area contributed by atoms with E-state index in [1.54, 1.807) is 36.4 Å². The summed E-state index contributed by atoms with van der Waals surface area (Å²) in [6, 6.07) is 11.6. The molecule has 0 fully saturated rings. The monoisotopic (exact) mass is 524 g/mol. The Morgan fingerprint density at radius 3 is 2.37 bits per heavy atom. The summed E-state index contributed by atoms with van der Waals surface area (Å²) < 4.78 is 26.8. The van der Waals surface area contributed by atoms with E-state index < -0.39 is 23.5 Å². The third kappa shape index (κ3) is 6.48. The number of ether oxygens (including phenoxy) is 2. The van der Waals surface area contributed by atoms with Gasteiger partial charge in [-0.05, 0) is 42.5 Å². The summed E-state index contributed by atoms with van der Waals surface area (Å²) in [6.45, 7) is 1.08. The van der Waals surface area contributed by atoms with Crippen LogP contribution >= 0.6 is 0 Å². The number of amidine groups is 1. The van der Waals surface area contributed by atoms with Gasteiger partial charge >= 0.3 is 5.69 Å². The fourth-order valence-electron chi connectivity index (χ4n) is 3.33. The molecule has 0 saturated heterocycles. The van der Waals surface area contributed by atoms with Crippen molar-refractivity contribution in [2.45, 2.75) is 13.0 Å². The number of aliphatic carboxylic acids is 1. The summed E-state index contributed by atoms with van der Waals surface area (Å²) >= 11 is 0. The van der Waals surface area contributed by atoms with Crippen molar-refractivity contribution in [3.63, 3.8) is 0 Å². The lowest BCUT2D eigenvalue weighted by molar-refractivity contribution is -0.134. The molecule has 38 heavy (non-hydrogen) atoms. The van der Waals surface area contributed by atoms with Gasteiger partial charge < -0.3 is 25.6 Å². The van der Waals surface area contributed by atoms with Crippen LogP contribution in [0.25, 0.3) is 5.82 Å². The number of halogens is 1. The molecule has 0 aliphatic carbocycles. The lowest BCUT2D eigenvalue weighted by atomic mass is 10.0. The van der Waals surface area contributed by atoms with Crippen molar-refractivity contribution in [3.8, 4) is 17.3 Å². The van der Waals surface area contributed by atoms with Gasteiger partial charge in [0.25, 0.3) is 5.97 Å². The van der Waals surface area contributed by atoms with Crippen LogP contribution in [-0.4, -0.2) is 56.1 Å². The van der Waals surface area contributed by atoms with Crippen LogP contribution in [0.4, 0.5) is 10.1 Å². The Balaban J connectivity index is 0.000000934. The maximum absolute atomic E-state index is 15.2. The number of nitrogen functional groups attached to an aromatic ring is 1. The van der Waals surface area contributed by atoms with E-state index in [-0.39, 0.29) is 28.8 Å². The molecule has 13 nitrogen and oxygen atoms in total. The summed E-state index contributed by atoms with van der Waals surface area (Å²) in [5, 5.41) is 30.1. The quantitative estimate of drug-likeness (QED) is 0.168. The Labute approximate surface area is 215 Å². The summed E-state index contributed by atoms with van der Waals surface area (Å²) in [5.41, 5.74) is 6.19. The van der Waals surface area contributed by atoms with Crippen LogP contribution in [0, 0.1) is 11.2 Å². The van der Waals surface area contributed by atoms with Crippen LogP contribution in [0.2, 0.25) is 0 Å². The fourth-order valence-corrected chi connectivity index (χ4v) is 3.33. The first-order valence-electron chi connectivity index (χ1n) is 10.9. The summed E-state index contributed by atoms with van der Waals surface area (Å²) in [6.07, 6.45) is 1.47. The predicted molar refractivity (Wildman–Crippen MR) is 136 cm³/mol. The Morgan fingerprint density at radius 1 is 1.18 bits per heavy atom. The number of aromatic nitrogens is 5. The molecule has 198 valence electrons. The number of carboxylic acids is 1. The van der Waals surface area contributed by atoms with E-state index >= 15 is 4.39 Å². The van der Waals surface area contributed by atoms with Gasteiger partial charge in [-0.1, -0.05) is 0 Å². The van der Waals surface area contributed by atoms with Crippen molar-refractivity contribution in [2.24, 2.45) is 5.73 Å². The minimum atomic E-state index is -0.936. The van der Waals surface area contributed by atoms with E-state index in [9.17, 15) is 4.79 Å². The molecule has 2 aromatic carbocycles. The second-order valence-electron chi connectivity index (χ2n) is 7.63. The molecule has 0 unspecified atom stereocenters. The van der Waals surface area contributed by atoms with Crippen molar-refractivity contribution >= 4 is 17.5 Å². The molecule has 4 rings (SSSR count). The number of carbonyl (C=O) groups is 1. The van der Waals surface area contributed by atoms with Crippen molar-refractivity contribution < 1.29 is 23.8 Å². The summed E-state index contributed by atoms with van der Waals surface area (Å²) in [4.78, 5) is 24.3. The van der Waals surface area contributed by atoms with Crippen LogP contribution in [0.15, 0.2) is 59.5 Å². The zero-order valence-corrected chi connectivity index (χ0v) is 20.6. The molecule has 0 aliphatic rings. The average Bonchev–Trinajstić information content (AvgIpc) is 3.29. The highest BCUT2D eigenvalue weighted by Crippen LogP contribution is 2.35. The van der Waals surface area contributed by atoms with Crippen molar-refractivity contribution in [1.82, 2.24) is 25.0 Å². The number of anilines is 1. The minimum absolute atomic E-state index is 0.0823. The van der Waals surface area contributed by atoms with Gasteiger partial charge in [0.05, 0.1) is 14.2 Å². The minimum Gasteiger partial charge on any atom is -0.493 e. The Morgan fingerprint density at radius 2 is 1.82 bits per heavy atom. The maximum atomic E-state index is 15.2. The number of benzene rings is 2. The third-order valence-electron chi connectivity index (χ3n) is 5.00. The van der Waals surface area contributed by atoms with Crippen LogP contribution in [0.3, 0.4) is 0 Å². The van der Waals surface area contributed by atoms with E-state index in [4.69, 9.17) is 30.5 Å². The first kappa shape index (κ1) is 27.3. The highest BCUT2D eigenvalue weighted by Gasteiger charge is 2.25. The number of aromatic amines is 1. The number of carboxylic acid groups (broad SMARTS) is 1. The van der Waals surface area contributed by atoms with E-state index in [2.05, 4.69) is 25.6 Å². The van der Waals surface area contributed by atoms with Gasteiger partial charge in [0.2, 0.25) is 0 Å². The van der Waals surface area contributed by atoms with Crippen LogP contribution in [0.5, 0.6) is 11.5 Å². The number of rotatable bonds is 8. The molecule has 0 saturated carbocycles. The van der Waals surface area contributed by atoms with Crippen molar-refractivity contribution in [3.05, 3.63) is 88.0 Å². The Hall–Kier alpha value is -5.27. The van der Waals surface area contributed by atoms with E-state index in [0.29, 0.717) is 17.0 Å². The van der Waals surface area contributed by atoms with Gasteiger partial charge in [0, 0.05) is 36.0 Å². The fraction of sp³-hybridized carbons (Fsp3) is 0.167. The van der Waals surface area contributed by atoms with Crippen molar-refractivity contribution in [2.75, 3.05) is 19.5 Å². The van der Waals surface area contributed by atoms with Gasteiger partial charge in [-0.25, -0.2) is 9.18 Å². The molecular formula is C24H25FN8O5. The number of nitrogens with one attached hydrogen (secondary N) is 3. The molecule has 0 bridgehead atoms. The number of nitrogens with two attached hydrogens (primary N) is 1. The zero-order valence-electron chi connectivity index (χ0n) is 20.6. The molecular weight excluding hydrogens is 499 g/mol. The molecule has 2 aromatic heterocycles. The number of methoxy groups -OCH3 is 2. The molecule has 0 spiro atoms. The molecule has 0 radical (unpaired) electrons. The van der Waals surface area contributed by atoms with E-state index in [0.717, 1.165) is 11.6 Å². The molecule has 4 aromatic rings. The molecule has 14 heteroatoms. The van der Waals surface area contributed by atoms with Crippen LogP contribution in [-0.2, 0) is 4.79 Å². The first-order chi connectivity index (χ1) is 18.1. The lowest BCUT2D eigenvalue weighted by Gasteiger charge is -2.20. The second kappa shape index (κ2) is 12.1. The highest BCUT2D eigenvalue weighted by atomic mass is 19.1. The number of H-pyrrole nitrogens is 1. The molecule has 1 atom stereocenters. The first-order valence-corrected chi connectivity index (χ1v) is 10.9. The zero-order chi connectivity index (χ0) is 27.8. The van der Waals surface area contributed by atoms with Crippen molar-refractivity contribution in [1.29, 1.82) is 5.41 Å². The maximum Gasteiger partial charge on any atom is 0.349 e. The molecule has 0 aliphatic heterocycles. The van der Waals surface area contributed by atoms with Crippen LogP contribution in [0.1, 0.15) is 29.9 Å². The van der Waals surface area contributed by atoms with Gasteiger partial charge in [-0.2, -0.15) is 9.78 Å². The Kier molecular flexibility index (Phi) is 8.71. The summed E-state index contributed by atoms with van der Waals surface area (Å²) in [7, 11) is 2.84. The van der Waals surface area contributed by atoms with Gasteiger partial charge in [-0.3, -0.25) is 15.2 Å². The predicted octanol–water partition coefficient (Wildman–Crippen LogP) is 2.08. The third-order valence-corrected chi connectivity index (χ3v) is 5.00. The Bertz CT molecular complexity index is 1470. The van der Waals surface area contributed by atoms with Gasteiger partial charge in [0.1, 0.15) is 17.7 Å². The smallest absolute Gasteiger partial charge is 0.349 e. The standard InChI is InChI=1S/C22H21FN8O3.C2H4O2/c1-33-16-10-14(15(23)11-17(16)34-2)19(27-13-7-5-12(6-8-13)20(24)25)21-28-22(32)31(30-21)18-4-3-9-26-29-18;1-2(3)4/h3-11,19,27H,1-2H3,(H3,24,25)(H,28,30,32);1H3,(H,3,4)/t19-;/m0./s1. The van der Waals surface area contributed by atoms with Crippen LogP contribution < -0.4 is 26.2 Å². The molecule has 6 N–H and O–H groups in total. The highest BCUT2D eigenvalue weighted by molar-refractivity contribution is 5.95. The topological polar surface area (TPSA) is 194 Å². The average molecular weight is 525 g/mol. The lowest BCUT2D eigenvalue weighted by Crippen LogP contribution is -2.17.